The van der Waals surface area contributed by atoms with Gasteiger partial charge in [-0.15, -0.1) is 0 Å². The molecule has 0 saturated carbocycles. The Balaban J connectivity index is 4.30. The molecule has 0 rings (SSSR count). The number of alkyl halides is 1. The van der Waals surface area contributed by atoms with Gasteiger partial charge in [0.2, 0.25) is 0 Å². The van der Waals surface area contributed by atoms with Gasteiger partial charge in [0.15, 0.2) is 0 Å². The lowest BCUT2D eigenvalue weighted by molar-refractivity contribution is 0.611. The van der Waals surface area contributed by atoms with E-state index in [0.717, 1.165) is 5.33 Å². The minimum Gasteiger partial charge on any atom is -0.348 e. The first-order valence-electron chi connectivity index (χ1n) is 5.78. The second-order valence-corrected chi connectivity index (χ2v) is 13.7. The minimum absolute atomic E-state index is 0.599. The fraction of sp³-hybridized carbons (Fsp3) is 1.00. The molecule has 0 aromatic heterocycles. The smallest absolute Gasteiger partial charge is 0.115 e. The second kappa shape index (κ2) is 7.20. The Kier molecular flexibility index (Phi) is 7.65. The fourth-order valence-corrected chi connectivity index (χ4v) is 11.4. The van der Waals surface area contributed by atoms with Crippen LogP contribution >= 0.6 is 15.9 Å². The predicted molar refractivity (Wildman–Crippen MR) is 76.6 cm³/mol. The zero-order valence-corrected chi connectivity index (χ0v) is 14.2. The SMILES string of the molecule is CCC[Si](C)(C)N(CCCBr)[SiH](C)C. The van der Waals surface area contributed by atoms with Gasteiger partial charge in [0.25, 0.3) is 0 Å². The molecule has 0 amide bonds. The van der Waals surface area contributed by atoms with E-state index in [1.54, 1.807) is 0 Å². The van der Waals surface area contributed by atoms with Crippen molar-refractivity contribution in [3.63, 3.8) is 0 Å². The molecule has 0 radical (unpaired) electrons. The standard InChI is InChI=1S/C10H26BrNSi2/c1-6-10-14(4,5)12(13(2)3)9-7-8-11/h13H,6-10H2,1-5H3. The molecule has 0 unspecified atom stereocenters. The van der Waals surface area contributed by atoms with Gasteiger partial charge < -0.3 is 4.23 Å². The van der Waals surface area contributed by atoms with Gasteiger partial charge in [-0.3, -0.25) is 0 Å². The van der Waals surface area contributed by atoms with E-state index >= 15 is 0 Å². The lowest BCUT2D eigenvalue weighted by Gasteiger charge is -2.40. The molecule has 0 aromatic carbocycles. The maximum Gasteiger partial charge on any atom is 0.115 e. The van der Waals surface area contributed by atoms with Gasteiger partial charge >= 0.3 is 0 Å². The number of hydrogen-bond acceptors (Lipinski definition) is 1. The van der Waals surface area contributed by atoms with Crippen LogP contribution < -0.4 is 0 Å². The van der Waals surface area contributed by atoms with Crippen molar-refractivity contribution in [3.05, 3.63) is 0 Å². The Hall–Kier alpha value is 0.874. The molecule has 14 heavy (non-hydrogen) atoms. The van der Waals surface area contributed by atoms with Crippen molar-refractivity contribution in [1.82, 2.24) is 4.23 Å². The zero-order chi connectivity index (χ0) is 11.2. The van der Waals surface area contributed by atoms with E-state index in [9.17, 15) is 0 Å². The molecule has 0 aliphatic carbocycles. The van der Waals surface area contributed by atoms with Gasteiger partial charge in [-0.1, -0.05) is 55.5 Å². The second-order valence-electron chi connectivity index (χ2n) is 4.89. The van der Waals surface area contributed by atoms with Crippen molar-refractivity contribution < 1.29 is 0 Å². The largest absolute Gasteiger partial charge is 0.348 e. The quantitative estimate of drug-likeness (QED) is 0.512. The number of halogens is 1. The molecule has 0 atom stereocenters. The summed E-state index contributed by atoms with van der Waals surface area (Å²) in [5.41, 5.74) is 0. The minimum atomic E-state index is -1.06. The van der Waals surface area contributed by atoms with Gasteiger partial charge in [0.05, 0.1) is 8.96 Å². The van der Waals surface area contributed by atoms with Crippen molar-refractivity contribution in [3.8, 4) is 0 Å². The van der Waals surface area contributed by atoms with Crippen LogP contribution in [-0.4, -0.2) is 33.3 Å². The summed E-state index contributed by atoms with van der Waals surface area (Å²) in [7, 11) is -1.66. The third kappa shape index (κ3) is 5.10. The third-order valence-corrected chi connectivity index (χ3v) is 12.0. The van der Waals surface area contributed by atoms with Crippen LogP contribution in [0.2, 0.25) is 32.2 Å². The molecular weight excluding hydrogens is 270 g/mol. The van der Waals surface area contributed by atoms with E-state index in [4.69, 9.17) is 0 Å². The van der Waals surface area contributed by atoms with Gasteiger partial charge in [0.1, 0.15) is 8.24 Å². The van der Waals surface area contributed by atoms with E-state index in [0.29, 0.717) is 0 Å². The molecule has 0 aliphatic heterocycles. The Morgan fingerprint density at radius 3 is 2.21 bits per heavy atom. The lowest BCUT2D eigenvalue weighted by Crippen LogP contribution is -2.54. The normalized spacial score (nSPS) is 12.9. The highest BCUT2D eigenvalue weighted by molar-refractivity contribution is 9.09. The average molecular weight is 296 g/mol. The van der Waals surface area contributed by atoms with Crippen molar-refractivity contribution in [2.45, 2.75) is 52.0 Å². The lowest BCUT2D eigenvalue weighted by atomic mass is 10.5. The first-order chi connectivity index (χ1) is 6.45. The van der Waals surface area contributed by atoms with Crippen molar-refractivity contribution in [2.75, 3.05) is 11.9 Å². The number of rotatable bonds is 7. The summed E-state index contributed by atoms with van der Waals surface area (Å²) in [6, 6.07) is 1.46. The van der Waals surface area contributed by atoms with Crippen LogP contribution in [0.25, 0.3) is 0 Å². The average Bonchev–Trinajstić information content (AvgIpc) is 2.03. The van der Waals surface area contributed by atoms with Gasteiger partial charge in [-0.2, -0.15) is 0 Å². The van der Waals surface area contributed by atoms with Crippen LogP contribution in [0.15, 0.2) is 0 Å². The van der Waals surface area contributed by atoms with E-state index in [1.807, 2.05) is 0 Å². The summed E-state index contributed by atoms with van der Waals surface area (Å²) in [6.45, 7) is 13.7. The molecule has 86 valence electrons. The van der Waals surface area contributed by atoms with E-state index in [1.165, 1.54) is 25.4 Å². The first kappa shape index (κ1) is 14.9. The van der Waals surface area contributed by atoms with Gasteiger partial charge in [-0.05, 0) is 19.0 Å². The molecular formula is C10H26BrNSi2. The van der Waals surface area contributed by atoms with Crippen LogP contribution in [0, 0.1) is 0 Å². The highest BCUT2D eigenvalue weighted by atomic mass is 79.9. The Bertz CT molecular complexity index is 151. The Morgan fingerprint density at radius 1 is 1.29 bits per heavy atom. The summed E-state index contributed by atoms with van der Waals surface area (Å²) >= 11 is 3.54. The van der Waals surface area contributed by atoms with E-state index < -0.39 is 17.2 Å². The van der Waals surface area contributed by atoms with Crippen LogP contribution in [0.1, 0.15) is 19.8 Å². The van der Waals surface area contributed by atoms with Crippen molar-refractivity contribution in [2.24, 2.45) is 0 Å². The number of hydrogen-bond donors (Lipinski definition) is 0. The summed E-state index contributed by atoms with van der Waals surface area (Å²) in [5, 5.41) is 1.15. The van der Waals surface area contributed by atoms with E-state index in [2.05, 4.69) is 53.3 Å². The Labute approximate surface area is 101 Å². The van der Waals surface area contributed by atoms with Gasteiger partial charge in [0, 0.05) is 5.33 Å². The highest BCUT2D eigenvalue weighted by Gasteiger charge is 2.29. The monoisotopic (exact) mass is 295 g/mol. The topological polar surface area (TPSA) is 3.24 Å². The highest BCUT2D eigenvalue weighted by Crippen LogP contribution is 2.19. The Morgan fingerprint density at radius 2 is 1.86 bits per heavy atom. The molecule has 1 nitrogen and oxygen atoms in total. The molecule has 0 aromatic rings. The van der Waals surface area contributed by atoms with Crippen LogP contribution in [0.4, 0.5) is 0 Å². The molecule has 0 aliphatic rings. The maximum absolute atomic E-state index is 3.54. The molecule has 0 spiro atoms. The van der Waals surface area contributed by atoms with Crippen LogP contribution in [-0.2, 0) is 0 Å². The van der Waals surface area contributed by atoms with Crippen molar-refractivity contribution in [1.29, 1.82) is 0 Å². The third-order valence-electron chi connectivity index (χ3n) is 2.80. The fourth-order valence-electron chi connectivity index (χ4n) is 2.25. The van der Waals surface area contributed by atoms with Gasteiger partial charge in [-0.25, -0.2) is 0 Å². The summed E-state index contributed by atoms with van der Waals surface area (Å²) < 4.78 is 2.90. The van der Waals surface area contributed by atoms with Crippen molar-refractivity contribution >= 4 is 33.1 Å². The summed E-state index contributed by atoms with van der Waals surface area (Å²) in [5.74, 6) is 0. The zero-order valence-electron chi connectivity index (χ0n) is 10.4. The van der Waals surface area contributed by atoms with E-state index in [-0.39, 0.29) is 0 Å². The maximum atomic E-state index is 3.54. The first-order valence-corrected chi connectivity index (χ1v) is 12.9. The van der Waals surface area contributed by atoms with Crippen LogP contribution in [0.3, 0.4) is 0 Å². The molecule has 0 fully saturated rings. The molecule has 4 heteroatoms. The molecule has 0 bridgehead atoms. The summed E-state index contributed by atoms with van der Waals surface area (Å²) in [4.78, 5) is 0. The molecule has 0 saturated heterocycles. The van der Waals surface area contributed by atoms with Crippen LogP contribution in [0.5, 0.6) is 0 Å². The molecule has 0 heterocycles. The molecule has 0 N–H and O–H groups in total. The predicted octanol–water partition coefficient (Wildman–Crippen LogP) is 3.67. The summed E-state index contributed by atoms with van der Waals surface area (Å²) in [6.07, 6.45) is 2.66. The number of nitrogens with zero attached hydrogens (tertiary/aromatic N) is 1.